The van der Waals surface area contributed by atoms with E-state index < -0.39 is 0 Å². The summed E-state index contributed by atoms with van der Waals surface area (Å²) < 4.78 is 24.4. The minimum Gasteiger partial charge on any atom is -0.507 e. The Balaban J connectivity index is 2.14. The summed E-state index contributed by atoms with van der Waals surface area (Å²) in [6, 6.07) is 8.38. The Morgan fingerprint density at radius 2 is 1.84 bits per heavy atom. The maximum atomic E-state index is 13.0. The highest BCUT2D eigenvalue weighted by Crippen LogP contribution is 2.30. The molecule has 0 unspecified atom stereocenters. The van der Waals surface area contributed by atoms with E-state index in [0.717, 1.165) is 4.90 Å². The highest BCUT2D eigenvalue weighted by Gasteiger charge is 2.19. The molecule has 3 aromatic rings. The first kappa shape index (κ1) is 17.0. The summed E-state index contributed by atoms with van der Waals surface area (Å²) in [7, 11) is 3.88. The molecule has 1 heterocycles. The number of aromatic hydroxyl groups is 1. The topological polar surface area (TPSA) is 64.1 Å². The molecule has 0 spiro atoms. The Kier molecular flexibility index (Phi) is 4.46. The third-order valence-corrected chi connectivity index (χ3v) is 3.83. The summed E-state index contributed by atoms with van der Waals surface area (Å²) in [5.74, 6) is 0.382. The zero-order valence-corrected chi connectivity index (χ0v) is 14.2. The number of aryl methyl sites for hydroxylation is 1. The molecule has 0 radical (unpaired) electrons. The maximum Gasteiger partial charge on any atom is 0.235 e. The molecule has 0 saturated carbocycles. The average molecular weight is 344 g/mol. The number of hydrogen-bond acceptors (Lipinski definition) is 4. The van der Waals surface area contributed by atoms with Crippen LogP contribution in [0, 0.1) is 12.7 Å². The Hall–Kier alpha value is -2.86. The van der Waals surface area contributed by atoms with Gasteiger partial charge in [0, 0.05) is 0 Å². The van der Waals surface area contributed by atoms with Gasteiger partial charge in [-0.1, -0.05) is 0 Å². The van der Waals surface area contributed by atoms with Crippen LogP contribution in [0.2, 0.25) is 0 Å². The first-order valence-electron chi connectivity index (χ1n) is 7.87. The van der Waals surface area contributed by atoms with Gasteiger partial charge in [-0.05, 0) is 43.3 Å². The molecule has 6 heteroatoms. The molecule has 0 aliphatic heterocycles. The smallest absolute Gasteiger partial charge is 0.235 e. The standard InChI is InChI=1S/C19H18FNO4/c1-11-18(25-13-6-4-12(20)5-7-13)17(23)14-8-9-16(22)15(10-21(2)3)19(14)24-11/h4-9,22H,10H2,1-3H3/p+1. The minimum atomic E-state index is -0.388. The van der Waals surface area contributed by atoms with E-state index >= 15 is 0 Å². The molecule has 130 valence electrons. The van der Waals surface area contributed by atoms with E-state index in [-0.39, 0.29) is 22.7 Å². The number of rotatable bonds is 4. The van der Waals surface area contributed by atoms with Crippen molar-refractivity contribution in [2.75, 3.05) is 14.1 Å². The van der Waals surface area contributed by atoms with Gasteiger partial charge >= 0.3 is 0 Å². The molecule has 0 saturated heterocycles. The van der Waals surface area contributed by atoms with Crippen molar-refractivity contribution < 1.29 is 23.6 Å². The zero-order valence-electron chi connectivity index (χ0n) is 14.2. The van der Waals surface area contributed by atoms with Crippen LogP contribution in [0.15, 0.2) is 45.6 Å². The van der Waals surface area contributed by atoms with E-state index in [2.05, 4.69) is 0 Å². The van der Waals surface area contributed by atoms with Crippen molar-refractivity contribution in [3.63, 3.8) is 0 Å². The molecular formula is C19H19FNO4+. The van der Waals surface area contributed by atoms with Crippen LogP contribution >= 0.6 is 0 Å². The average Bonchev–Trinajstić information content (AvgIpc) is 2.56. The predicted octanol–water partition coefficient (Wildman–Crippen LogP) is 2.38. The second kappa shape index (κ2) is 6.57. The summed E-state index contributed by atoms with van der Waals surface area (Å²) in [5, 5.41) is 10.5. The number of halogens is 1. The van der Waals surface area contributed by atoms with Gasteiger partial charge in [0.2, 0.25) is 11.2 Å². The Labute approximate surface area is 143 Å². The van der Waals surface area contributed by atoms with Crippen LogP contribution in [0.3, 0.4) is 0 Å². The minimum absolute atomic E-state index is 0.0490. The van der Waals surface area contributed by atoms with Gasteiger partial charge in [-0.25, -0.2) is 4.39 Å². The number of hydrogen-bond donors (Lipinski definition) is 2. The number of fused-ring (bicyclic) bond motifs is 1. The molecule has 1 aromatic heterocycles. The molecule has 5 nitrogen and oxygen atoms in total. The number of quaternary nitrogens is 1. The lowest BCUT2D eigenvalue weighted by atomic mass is 10.1. The molecule has 0 amide bonds. The van der Waals surface area contributed by atoms with Crippen LogP contribution in [0.1, 0.15) is 11.3 Å². The van der Waals surface area contributed by atoms with Gasteiger partial charge in [0.1, 0.15) is 29.6 Å². The largest absolute Gasteiger partial charge is 0.507 e. The van der Waals surface area contributed by atoms with Crippen molar-refractivity contribution in [3.05, 3.63) is 63.8 Å². The Morgan fingerprint density at radius 3 is 2.48 bits per heavy atom. The number of ether oxygens (including phenoxy) is 1. The Morgan fingerprint density at radius 1 is 1.16 bits per heavy atom. The fourth-order valence-corrected chi connectivity index (χ4v) is 2.66. The van der Waals surface area contributed by atoms with Crippen LogP contribution in [0.5, 0.6) is 17.2 Å². The van der Waals surface area contributed by atoms with Crippen molar-refractivity contribution >= 4 is 11.0 Å². The van der Waals surface area contributed by atoms with Crippen molar-refractivity contribution in [2.24, 2.45) is 0 Å². The molecule has 0 bridgehead atoms. The maximum absolute atomic E-state index is 13.0. The van der Waals surface area contributed by atoms with E-state index in [1.807, 2.05) is 14.1 Å². The van der Waals surface area contributed by atoms with Crippen LogP contribution in [0.4, 0.5) is 4.39 Å². The molecule has 25 heavy (non-hydrogen) atoms. The van der Waals surface area contributed by atoms with Crippen molar-refractivity contribution in [1.82, 2.24) is 0 Å². The fourth-order valence-electron chi connectivity index (χ4n) is 2.66. The van der Waals surface area contributed by atoms with Gasteiger partial charge in [-0.15, -0.1) is 0 Å². The van der Waals surface area contributed by atoms with E-state index in [1.165, 1.54) is 36.4 Å². The lowest BCUT2D eigenvalue weighted by molar-refractivity contribution is -0.872. The predicted molar refractivity (Wildman–Crippen MR) is 91.9 cm³/mol. The van der Waals surface area contributed by atoms with Crippen molar-refractivity contribution in [1.29, 1.82) is 0 Å². The van der Waals surface area contributed by atoms with Crippen LogP contribution < -0.4 is 15.1 Å². The molecule has 3 rings (SSSR count). The molecule has 2 aromatic carbocycles. The molecule has 2 N–H and O–H groups in total. The van der Waals surface area contributed by atoms with Crippen LogP contribution in [-0.4, -0.2) is 19.2 Å². The lowest BCUT2D eigenvalue weighted by Crippen LogP contribution is -3.04. The highest BCUT2D eigenvalue weighted by atomic mass is 19.1. The third-order valence-electron chi connectivity index (χ3n) is 3.83. The second-order valence-electron chi connectivity index (χ2n) is 6.20. The molecule has 0 aliphatic rings. The van der Waals surface area contributed by atoms with E-state index in [1.54, 1.807) is 6.92 Å². The quantitative estimate of drug-likeness (QED) is 0.763. The monoisotopic (exact) mass is 344 g/mol. The summed E-state index contributed by atoms with van der Waals surface area (Å²) >= 11 is 0. The van der Waals surface area contributed by atoms with Gasteiger partial charge < -0.3 is 19.2 Å². The van der Waals surface area contributed by atoms with E-state index in [9.17, 15) is 14.3 Å². The van der Waals surface area contributed by atoms with Crippen molar-refractivity contribution in [2.45, 2.75) is 13.5 Å². The number of benzene rings is 2. The molecule has 0 atom stereocenters. The first-order valence-corrected chi connectivity index (χ1v) is 7.87. The molecular weight excluding hydrogens is 325 g/mol. The summed E-state index contributed by atoms with van der Waals surface area (Å²) in [6.07, 6.45) is 0. The molecule has 0 fully saturated rings. The van der Waals surface area contributed by atoms with E-state index in [4.69, 9.17) is 9.15 Å². The zero-order chi connectivity index (χ0) is 18.1. The van der Waals surface area contributed by atoms with Gasteiger partial charge in [-0.3, -0.25) is 4.79 Å². The Bertz CT molecular complexity index is 977. The number of nitrogens with one attached hydrogen (secondary N) is 1. The third kappa shape index (κ3) is 3.34. The summed E-state index contributed by atoms with van der Waals surface area (Å²) in [6.45, 7) is 2.12. The van der Waals surface area contributed by atoms with E-state index in [0.29, 0.717) is 34.6 Å². The van der Waals surface area contributed by atoms with Crippen LogP contribution in [-0.2, 0) is 6.54 Å². The SMILES string of the molecule is Cc1oc2c(C[NH+](C)C)c(O)ccc2c(=O)c1Oc1ccc(F)cc1. The van der Waals surface area contributed by atoms with Crippen molar-refractivity contribution in [3.8, 4) is 17.2 Å². The van der Waals surface area contributed by atoms with Gasteiger partial charge in [0.15, 0.2) is 5.58 Å². The second-order valence-corrected chi connectivity index (χ2v) is 6.20. The fraction of sp³-hybridized carbons (Fsp3) is 0.211. The van der Waals surface area contributed by atoms with Gasteiger partial charge in [-0.2, -0.15) is 0 Å². The number of phenols is 1. The van der Waals surface area contributed by atoms with Gasteiger partial charge in [0.05, 0.1) is 25.0 Å². The van der Waals surface area contributed by atoms with Crippen LogP contribution in [0.25, 0.3) is 11.0 Å². The summed E-state index contributed by atoms with van der Waals surface area (Å²) in [5.41, 5.74) is 0.597. The highest BCUT2D eigenvalue weighted by molar-refractivity contribution is 5.83. The summed E-state index contributed by atoms with van der Waals surface area (Å²) in [4.78, 5) is 13.9. The first-order chi connectivity index (χ1) is 11.9. The normalized spacial score (nSPS) is 11.2. The molecule has 0 aliphatic carbocycles. The van der Waals surface area contributed by atoms with Gasteiger partial charge in [0.25, 0.3) is 0 Å². The number of phenolic OH excluding ortho intramolecular Hbond substituents is 1. The lowest BCUT2D eigenvalue weighted by Gasteiger charge is -2.13.